The Morgan fingerprint density at radius 3 is 2.72 bits per heavy atom. The molecule has 0 bridgehead atoms. The molecule has 3 nitrogen and oxygen atoms in total. The van der Waals surface area contributed by atoms with Gasteiger partial charge in [-0.05, 0) is 35.1 Å². The number of nitrogens with one attached hydrogen (secondary N) is 2. The molecule has 0 atom stereocenters. The van der Waals surface area contributed by atoms with E-state index in [1.165, 1.54) is 10.8 Å². The minimum atomic E-state index is 0.613. The van der Waals surface area contributed by atoms with E-state index in [4.69, 9.17) is 17.0 Å². The highest BCUT2D eigenvalue weighted by Gasteiger charge is 1.98. The van der Waals surface area contributed by atoms with Crippen LogP contribution < -0.4 is 10.6 Å². The molecule has 0 radical (unpaired) electrons. The van der Waals surface area contributed by atoms with Crippen molar-refractivity contribution in [3.63, 3.8) is 0 Å². The summed E-state index contributed by atoms with van der Waals surface area (Å²) >= 11 is 5.19. The van der Waals surface area contributed by atoms with E-state index in [-0.39, 0.29) is 0 Å². The SMILES string of the molecule is COCCNC(=S)Nc1ccc2ccccc2c1. The first-order valence-electron chi connectivity index (χ1n) is 5.82. The molecule has 94 valence electrons. The average molecular weight is 260 g/mol. The Balaban J connectivity index is 2.01. The fourth-order valence-corrected chi connectivity index (χ4v) is 1.93. The van der Waals surface area contributed by atoms with Gasteiger partial charge in [0.25, 0.3) is 0 Å². The Labute approximate surface area is 112 Å². The van der Waals surface area contributed by atoms with Crippen molar-refractivity contribution in [3.05, 3.63) is 42.5 Å². The molecular formula is C14H16N2OS. The first kappa shape index (κ1) is 12.8. The smallest absolute Gasteiger partial charge is 0.170 e. The monoisotopic (exact) mass is 260 g/mol. The summed E-state index contributed by atoms with van der Waals surface area (Å²) < 4.78 is 4.95. The standard InChI is InChI=1S/C14H16N2OS/c1-17-9-8-15-14(18)16-13-7-6-11-4-2-3-5-12(11)10-13/h2-7,10H,8-9H2,1H3,(H2,15,16,18). The van der Waals surface area contributed by atoms with Crippen LogP contribution in [0.1, 0.15) is 0 Å². The fraction of sp³-hybridized carbons (Fsp3) is 0.214. The predicted molar refractivity (Wildman–Crippen MR) is 80.0 cm³/mol. The minimum Gasteiger partial charge on any atom is -0.383 e. The molecule has 0 aromatic heterocycles. The third kappa shape index (κ3) is 3.42. The molecule has 0 amide bonds. The van der Waals surface area contributed by atoms with Crippen molar-refractivity contribution in [2.75, 3.05) is 25.6 Å². The molecule has 2 rings (SSSR count). The van der Waals surface area contributed by atoms with Crippen LogP contribution in [0.25, 0.3) is 10.8 Å². The summed E-state index contributed by atoms with van der Waals surface area (Å²) in [7, 11) is 1.67. The van der Waals surface area contributed by atoms with Gasteiger partial charge in [-0.25, -0.2) is 0 Å². The van der Waals surface area contributed by atoms with Gasteiger partial charge in [-0.3, -0.25) is 0 Å². The van der Waals surface area contributed by atoms with Crippen molar-refractivity contribution in [2.24, 2.45) is 0 Å². The lowest BCUT2D eigenvalue weighted by atomic mass is 10.1. The molecule has 0 heterocycles. The van der Waals surface area contributed by atoms with Crippen LogP contribution in [0, 0.1) is 0 Å². The van der Waals surface area contributed by atoms with E-state index < -0.39 is 0 Å². The Morgan fingerprint density at radius 2 is 1.94 bits per heavy atom. The Hall–Kier alpha value is -1.65. The molecule has 0 saturated carbocycles. The second kappa shape index (κ2) is 6.33. The molecule has 2 aromatic carbocycles. The number of fused-ring (bicyclic) bond motifs is 1. The molecule has 4 heteroatoms. The molecule has 2 N–H and O–H groups in total. The lowest BCUT2D eigenvalue weighted by Crippen LogP contribution is -2.31. The third-order valence-electron chi connectivity index (χ3n) is 2.60. The van der Waals surface area contributed by atoms with Crippen LogP contribution in [0.2, 0.25) is 0 Å². The molecule has 0 aliphatic carbocycles. The second-order valence-corrected chi connectivity index (χ2v) is 4.34. The highest BCUT2D eigenvalue weighted by molar-refractivity contribution is 7.80. The van der Waals surface area contributed by atoms with E-state index in [9.17, 15) is 0 Å². The second-order valence-electron chi connectivity index (χ2n) is 3.94. The maximum atomic E-state index is 5.19. The zero-order valence-corrected chi connectivity index (χ0v) is 11.1. The number of benzene rings is 2. The van der Waals surface area contributed by atoms with Gasteiger partial charge in [0.05, 0.1) is 6.61 Å². The van der Waals surface area contributed by atoms with Crippen LogP contribution >= 0.6 is 12.2 Å². The zero-order valence-electron chi connectivity index (χ0n) is 10.3. The van der Waals surface area contributed by atoms with Crippen LogP contribution in [0.15, 0.2) is 42.5 Å². The van der Waals surface area contributed by atoms with Crippen LogP contribution in [-0.4, -0.2) is 25.4 Å². The average Bonchev–Trinajstić information content (AvgIpc) is 2.39. The van der Waals surface area contributed by atoms with Gasteiger partial charge in [0.15, 0.2) is 5.11 Å². The summed E-state index contributed by atoms with van der Waals surface area (Å²) in [5, 5.41) is 9.27. The van der Waals surface area contributed by atoms with Gasteiger partial charge in [0, 0.05) is 19.3 Å². The lowest BCUT2D eigenvalue weighted by molar-refractivity contribution is 0.204. The zero-order chi connectivity index (χ0) is 12.8. The van der Waals surface area contributed by atoms with Gasteiger partial charge < -0.3 is 15.4 Å². The summed E-state index contributed by atoms with van der Waals surface area (Å²) in [6.45, 7) is 1.34. The van der Waals surface area contributed by atoms with Crippen LogP contribution in [0.3, 0.4) is 0 Å². The van der Waals surface area contributed by atoms with Crippen molar-refractivity contribution >= 4 is 33.8 Å². The quantitative estimate of drug-likeness (QED) is 0.654. The van der Waals surface area contributed by atoms with E-state index in [1.807, 2.05) is 18.2 Å². The van der Waals surface area contributed by atoms with Crippen molar-refractivity contribution in [1.29, 1.82) is 0 Å². The summed E-state index contributed by atoms with van der Waals surface area (Å²) in [5.41, 5.74) is 0.989. The maximum Gasteiger partial charge on any atom is 0.170 e. The number of methoxy groups -OCH3 is 1. The molecule has 0 saturated heterocycles. The van der Waals surface area contributed by atoms with Crippen LogP contribution in [0.4, 0.5) is 5.69 Å². The highest BCUT2D eigenvalue weighted by Crippen LogP contribution is 2.18. The van der Waals surface area contributed by atoms with Gasteiger partial charge in [0.2, 0.25) is 0 Å². The molecular weight excluding hydrogens is 244 g/mol. The highest BCUT2D eigenvalue weighted by atomic mass is 32.1. The van der Waals surface area contributed by atoms with E-state index in [2.05, 4.69) is 34.9 Å². The van der Waals surface area contributed by atoms with Gasteiger partial charge in [-0.1, -0.05) is 30.3 Å². The molecule has 0 aliphatic heterocycles. The fourth-order valence-electron chi connectivity index (χ4n) is 1.71. The van der Waals surface area contributed by atoms with Crippen molar-refractivity contribution in [1.82, 2.24) is 5.32 Å². The number of hydrogen-bond acceptors (Lipinski definition) is 2. The molecule has 18 heavy (non-hydrogen) atoms. The number of hydrogen-bond donors (Lipinski definition) is 2. The van der Waals surface area contributed by atoms with Gasteiger partial charge >= 0.3 is 0 Å². The Kier molecular flexibility index (Phi) is 4.50. The van der Waals surface area contributed by atoms with E-state index >= 15 is 0 Å². The lowest BCUT2D eigenvalue weighted by Gasteiger charge is -2.10. The van der Waals surface area contributed by atoms with Gasteiger partial charge in [-0.2, -0.15) is 0 Å². The summed E-state index contributed by atoms with van der Waals surface area (Å²) in [6.07, 6.45) is 0. The maximum absolute atomic E-state index is 5.19. The predicted octanol–water partition coefficient (Wildman–Crippen LogP) is 2.77. The van der Waals surface area contributed by atoms with Crippen molar-refractivity contribution in [3.8, 4) is 0 Å². The first-order chi connectivity index (χ1) is 8.79. The van der Waals surface area contributed by atoms with Gasteiger partial charge in [-0.15, -0.1) is 0 Å². The van der Waals surface area contributed by atoms with Crippen LogP contribution in [-0.2, 0) is 4.74 Å². The Bertz CT molecular complexity index is 542. The van der Waals surface area contributed by atoms with E-state index in [0.29, 0.717) is 18.3 Å². The molecule has 0 spiro atoms. The van der Waals surface area contributed by atoms with Crippen molar-refractivity contribution in [2.45, 2.75) is 0 Å². The first-order valence-corrected chi connectivity index (χ1v) is 6.23. The van der Waals surface area contributed by atoms with E-state index in [1.54, 1.807) is 7.11 Å². The summed E-state index contributed by atoms with van der Waals surface area (Å²) in [4.78, 5) is 0. The number of anilines is 1. The largest absolute Gasteiger partial charge is 0.383 e. The third-order valence-corrected chi connectivity index (χ3v) is 2.85. The number of rotatable bonds is 4. The number of ether oxygens (including phenoxy) is 1. The van der Waals surface area contributed by atoms with Crippen LogP contribution in [0.5, 0.6) is 0 Å². The minimum absolute atomic E-state index is 0.613. The molecule has 0 fully saturated rings. The van der Waals surface area contributed by atoms with E-state index in [0.717, 1.165) is 5.69 Å². The molecule has 2 aromatic rings. The summed E-state index contributed by atoms with van der Waals surface area (Å²) in [5.74, 6) is 0. The topological polar surface area (TPSA) is 33.3 Å². The molecule has 0 aliphatic rings. The molecule has 0 unspecified atom stereocenters. The summed E-state index contributed by atoms with van der Waals surface area (Å²) in [6, 6.07) is 14.4. The number of thiocarbonyl (C=S) groups is 1. The van der Waals surface area contributed by atoms with Gasteiger partial charge in [0.1, 0.15) is 0 Å². The normalized spacial score (nSPS) is 10.3. The van der Waals surface area contributed by atoms with Crippen molar-refractivity contribution < 1.29 is 4.74 Å². The Morgan fingerprint density at radius 1 is 1.17 bits per heavy atom.